The van der Waals surface area contributed by atoms with E-state index in [0.29, 0.717) is 17.2 Å². The molecule has 2 aromatic rings. The van der Waals surface area contributed by atoms with Crippen LogP contribution in [0.1, 0.15) is 21.5 Å². The minimum Gasteiger partial charge on any atom is -0.493 e. The van der Waals surface area contributed by atoms with Gasteiger partial charge in [0.2, 0.25) is 0 Å². The molecule has 0 spiro atoms. The molecule has 0 saturated heterocycles. The topological polar surface area (TPSA) is 59.4 Å². The van der Waals surface area contributed by atoms with E-state index in [1.165, 1.54) is 0 Å². The van der Waals surface area contributed by atoms with Crippen molar-refractivity contribution in [3.63, 3.8) is 0 Å². The van der Waals surface area contributed by atoms with Crippen molar-refractivity contribution >= 4 is 23.3 Å². The van der Waals surface area contributed by atoms with E-state index in [0.717, 1.165) is 23.3 Å². The van der Waals surface area contributed by atoms with Crippen LogP contribution >= 0.6 is 11.6 Å². The molecule has 1 aliphatic heterocycles. The summed E-state index contributed by atoms with van der Waals surface area (Å²) in [5, 5.41) is 8.60. The quantitative estimate of drug-likeness (QED) is 0.694. The van der Waals surface area contributed by atoms with Crippen LogP contribution in [0.25, 0.3) is 0 Å². The minimum absolute atomic E-state index is 0.0683. The first-order chi connectivity index (χ1) is 10.6. The molecule has 3 rings (SSSR count). The average Bonchev–Trinajstić information content (AvgIpc) is 3.00. The highest BCUT2D eigenvalue weighted by molar-refractivity contribution is 6.30. The van der Waals surface area contributed by atoms with Crippen LogP contribution in [0.3, 0.4) is 0 Å². The summed E-state index contributed by atoms with van der Waals surface area (Å²) in [5.74, 6) is 0.403. The van der Waals surface area contributed by atoms with Crippen LogP contribution in [0.2, 0.25) is 5.02 Å². The Morgan fingerprint density at radius 3 is 2.68 bits per heavy atom. The van der Waals surface area contributed by atoms with Crippen LogP contribution in [0.5, 0.6) is 5.75 Å². The number of carbonyl (C=O) groups is 1. The monoisotopic (exact) mass is 315 g/mol. The summed E-state index contributed by atoms with van der Waals surface area (Å²) in [4.78, 5) is 11.9. The van der Waals surface area contributed by atoms with Crippen molar-refractivity contribution in [2.75, 3.05) is 13.2 Å². The number of nitrogens with one attached hydrogen (secondary N) is 1. The predicted octanol–water partition coefficient (Wildman–Crippen LogP) is 3.50. The second-order valence-corrected chi connectivity index (χ2v) is 5.42. The van der Waals surface area contributed by atoms with Gasteiger partial charge in [0.25, 0.3) is 0 Å². The molecule has 0 saturated carbocycles. The number of hydrogen-bond donors (Lipinski definition) is 1. The van der Waals surface area contributed by atoms with E-state index in [-0.39, 0.29) is 12.3 Å². The second-order valence-electron chi connectivity index (χ2n) is 4.98. The van der Waals surface area contributed by atoms with Crippen LogP contribution in [-0.4, -0.2) is 24.9 Å². The van der Waals surface area contributed by atoms with Crippen molar-refractivity contribution in [1.29, 1.82) is 5.41 Å². The molecule has 4 nitrogen and oxygen atoms in total. The second kappa shape index (κ2) is 6.20. The predicted molar refractivity (Wildman–Crippen MR) is 84.2 cm³/mol. The van der Waals surface area contributed by atoms with Gasteiger partial charge in [-0.15, -0.1) is 0 Å². The Hall–Kier alpha value is -2.33. The summed E-state index contributed by atoms with van der Waals surface area (Å²) in [5.41, 5.74) is 2.51. The minimum atomic E-state index is -0.467. The Morgan fingerprint density at radius 1 is 1.18 bits per heavy atom. The molecule has 1 heterocycles. The first kappa shape index (κ1) is 14.6. The Morgan fingerprint density at radius 2 is 1.91 bits per heavy atom. The lowest BCUT2D eigenvalue weighted by molar-refractivity contribution is 0.0563. The zero-order chi connectivity index (χ0) is 15.5. The molecule has 0 radical (unpaired) electrons. The first-order valence-corrected chi connectivity index (χ1v) is 7.27. The average molecular weight is 316 g/mol. The molecule has 0 fully saturated rings. The van der Waals surface area contributed by atoms with E-state index in [4.69, 9.17) is 26.5 Å². The van der Waals surface area contributed by atoms with E-state index < -0.39 is 5.97 Å². The third-order valence-electron chi connectivity index (χ3n) is 3.47. The maximum atomic E-state index is 11.9. The van der Waals surface area contributed by atoms with Crippen LogP contribution in [0.4, 0.5) is 0 Å². The lowest BCUT2D eigenvalue weighted by atomic mass is 10.1. The number of halogens is 1. The highest BCUT2D eigenvalue weighted by Crippen LogP contribution is 2.26. The smallest absolute Gasteiger partial charge is 0.338 e. The Kier molecular flexibility index (Phi) is 4.11. The molecule has 0 aliphatic carbocycles. The molecule has 0 aromatic heterocycles. The molecule has 0 bridgehead atoms. The lowest BCUT2D eigenvalue weighted by Crippen LogP contribution is -2.14. The van der Waals surface area contributed by atoms with E-state index in [9.17, 15) is 4.79 Å². The molecule has 0 atom stereocenters. The third-order valence-corrected chi connectivity index (χ3v) is 3.72. The van der Waals surface area contributed by atoms with E-state index in [1.54, 1.807) is 24.3 Å². The number of carbonyl (C=O) groups excluding carboxylic acids is 1. The summed E-state index contributed by atoms with van der Waals surface area (Å²) in [6, 6.07) is 12.0. The van der Waals surface area contributed by atoms with Crippen LogP contribution < -0.4 is 4.74 Å². The fourth-order valence-electron chi connectivity index (χ4n) is 2.26. The van der Waals surface area contributed by atoms with Gasteiger partial charge in [0.05, 0.1) is 17.9 Å². The Labute approximate surface area is 133 Å². The van der Waals surface area contributed by atoms with Crippen molar-refractivity contribution in [3.05, 3.63) is 64.2 Å². The fourth-order valence-corrected chi connectivity index (χ4v) is 2.39. The molecule has 0 unspecified atom stereocenters. The summed E-state index contributed by atoms with van der Waals surface area (Å²) in [6.07, 6.45) is 0.848. The summed E-state index contributed by atoms with van der Waals surface area (Å²) >= 11 is 5.77. The van der Waals surface area contributed by atoms with Gasteiger partial charge in [0, 0.05) is 11.4 Å². The molecule has 1 N–H and O–H groups in total. The Bertz CT molecular complexity index is 725. The van der Waals surface area contributed by atoms with E-state index >= 15 is 0 Å². The number of ether oxygens (including phenoxy) is 2. The van der Waals surface area contributed by atoms with E-state index in [2.05, 4.69) is 0 Å². The highest BCUT2D eigenvalue weighted by Gasteiger charge is 2.15. The van der Waals surface area contributed by atoms with Gasteiger partial charge < -0.3 is 14.9 Å². The lowest BCUT2D eigenvalue weighted by Gasteiger charge is -2.08. The molecule has 0 amide bonds. The molecular formula is C17H14ClNO3. The molecule has 22 heavy (non-hydrogen) atoms. The SMILES string of the molecule is N=C(COC(=O)c1ccc(Cl)cc1)c1ccc2c(c1)CCO2. The zero-order valence-electron chi connectivity index (χ0n) is 11.8. The number of esters is 1. The maximum absolute atomic E-state index is 11.9. The maximum Gasteiger partial charge on any atom is 0.338 e. The van der Waals surface area contributed by atoms with Crippen molar-refractivity contribution in [1.82, 2.24) is 0 Å². The van der Waals surface area contributed by atoms with Gasteiger partial charge in [-0.2, -0.15) is 0 Å². The van der Waals surface area contributed by atoms with Crippen molar-refractivity contribution in [2.45, 2.75) is 6.42 Å². The largest absolute Gasteiger partial charge is 0.493 e. The van der Waals surface area contributed by atoms with Gasteiger partial charge in [-0.3, -0.25) is 0 Å². The molecule has 2 aromatic carbocycles. The van der Waals surface area contributed by atoms with E-state index in [1.807, 2.05) is 18.2 Å². The molecular weight excluding hydrogens is 302 g/mol. The van der Waals surface area contributed by atoms with Gasteiger partial charge >= 0.3 is 5.97 Å². The van der Waals surface area contributed by atoms with Gasteiger partial charge in [0.15, 0.2) is 0 Å². The van der Waals surface area contributed by atoms with Gasteiger partial charge in [0.1, 0.15) is 12.4 Å². The summed E-state index contributed by atoms with van der Waals surface area (Å²) in [7, 11) is 0. The van der Waals surface area contributed by atoms with Gasteiger partial charge in [-0.25, -0.2) is 4.79 Å². The third kappa shape index (κ3) is 3.12. The van der Waals surface area contributed by atoms with Gasteiger partial charge in [-0.05, 0) is 53.6 Å². The van der Waals surface area contributed by atoms with Crippen molar-refractivity contribution in [2.24, 2.45) is 0 Å². The van der Waals surface area contributed by atoms with Crippen molar-refractivity contribution in [3.8, 4) is 5.75 Å². The number of fused-ring (bicyclic) bond motifs is 1. The summed E-state index contributed by atoms with van der Waals surface area (Å²) in [6.45, 7) is 0.610. The number of hydrogen-bond acceptors (Lipinski definition) is 4. The summed E-state index contributed by atoms with van der Waals surface area (Å²) < 4.78 is 10.6. The zero-order valence-corrected chi connectivity index (χ0v) is 12.5. The highest BCUT2D eigenvalue weighted by atomic mass is 35.5. The van der Waals surface area contributed by atoms with Crippen molar-refractivity contribution < 1.29 is 14.3 Å². The van der Waals surface area contributed by atoms with Crippen LogP contribution in [0.15, 0.2) is 42.5 Å². The number of rotatable bonds is 4. The first-order valence-electron chi connectivity index (χ1n) is 6.90. The van der Waals surface area contributed by atoms with Gasteiger partial charge in [-0.1, -0.05) is 11.6 Å². The standard InChI is InChI=1S/C17H14ClNO3/c18-14-4-1-11(2-5-14)17(20)22-10-15(19)12-3-6-16-13(9-12)7-8-21-16/h1-6,9,19H,7-8,10H2. The number of benzene rings is 2. The normalized spacial score (nSPS) is 12.4. The fraction of sp³-hybridized carbons (Fsp3) is 0.176. The molecule has 5 heteroatoms. The molecule has 1 aliphatic rings. The Balaban J connectivity index is 1.62. The van der Waals surface area contributed by atoms with Crippen LogP contribution in [-0.2, 0) is 11.2 Å². The molecule has 112 valence electrons. The van der Waals surface area contributed by atoms with Crippen LogP contribution in [0, 0.1) is 5.41 Å².